The molecule has 112 valence electrons. The van der Waals surface area contributed by atoms with Gasteiger partial charge >= 0.3 is 0 Å². The van der Waals surface area contributed by atoms with Crippen LogP contribution in [0.1, 0.15) is 10.4 Å². The molecule has 1 aliphatic rings. The topological polar surface area (TPSA) is 49.4 Å². The molecule has 0 aliphatic carbocycles. The van der Waals surface area contributed by atoms with Crippen molar-refractivity contribution in [2.24, 2.45) is 0 Å². The van der Waals surface area contributed by atoms with Crippen molar-refractivity contribution in [2.45, 2.75) is 0 Å². The molecule has 1 aliphatic heterocycles. The van der Waals surface area contributed by atoms with Crippen LogP contribution in [0.4, 0.5) is 20.2 Å². The minimum atomic E-state index is -1.06. The summed E-state index contributed by atoms with van der Waals surface area (Å²) in [7, 11) is 0. The predicted molar refractivity (Wildman–Crippen MR) is 78.0 cm³/mol. The van der Waals surface area contributed by atoms with Crippen molar-refractivity contribution in [1.29, 1.82) is 0 Å². The zero-order chi connectivity index (χ0) is 15.7. The van der Waals surface area contributed by atoms with Crippen LogP contribution in [0.25, 0.3) is 0 Å². The average Bonchev–Trinajstić information content (AvgIpc) is 2.53. The van der Waals surface area contributed by atoms with Gasteiger partial charge in [0.1, 0.15) is 0 Å². The summed E-state index contributed by atoms with van der Waals surface area (Å²) in [5.74, 6) is -2.71. The first-order chi connectivity index (χ1) is 10.6. The van der Waals surface area contributed by atoms with Gasteiger partial charge in [0.2, 0.25) is 5.91 Å². The monoisotopic (exact) mass is 302 g/mol. The van der Waals surface area contributed by atoms with E-state index < -0.39 is 11.6 Å². The molecule has 1 amide bonds. The summed E-state index contributed by atoms with van der Waals surface area (Å²) >= 11 is 0. The third-order valence-electron chi connectivity index (χ3n) is 3.46. The molecule has 22 heavy (non-hydrogen) atoms. The van der Waals surface area contributed by atoms with Crippen LogP contribution in [0.3, 0.4) is 0 Å². The van der Waals surface area contributed by atoms with Gasteiger partial charge < -0.3 is 10.2 Å². The predicted octanol–water partition coefficient (Wildman–Crippen LogP) is 2.61. The summed E-state index contributed by atoms with van der Waals surface area (Å²) in [6, 6.07) is 10.4. The van der Waals surface area contributed by atoms with E-state index in [2.05, 4.69) is 5.32 Å². The van der Waals surface area contributed by atoms with Crippen molar-refractivity contribution < 1.29 is 18.4 Å². The largest absolute Gasteiger partial charge is 0.374 e. The number of anilines is 2. The Morgan fingerprint density at radius 3 is 2.55 bits per heavy atom. The summed E-state index contributed by atoms with van der Waals surface area (Å²) in [6.45, 7) is -0.289. The molecule has 0 spiro atoms. The fraction of sp³-hybridized carbons (Fsp3) is 0.125. The summed E-state index contributed by atoms with van der Waals surface area (Å²) in [5.41, 5.74) is 0.914. The lowest BCUT2D eigenvalue weighted by Crippen LogP contribution is -2.43. The first-order valence-corrected chi connectivity index (χ1v) is 6.68. The van der Waals surface area contributed by atoms with Crippen molar-refractivity contribution in [3.8, 4) is 0 Å². The second kappa shape index (κ2) is 5.55. The highest BCUT2D eigenvalue weighted by Gasteiger charge is 2.27. The van der Waals surface area contributed by atoms with Crippen molar-refractivity contribution >= 4 is 23.1 Å². The smallest absolute Gasteiger partial charge is 0.246 e. The van der Waals surface area contributed by atoms with Gasteiger partial charge in [-0.05, 0) is 0 Å². The van der Waals surface area contributed by atoms with Gasteiger partial charge in [-0.25, -0.2) is 8.78 Å². The van der Waals surface area contributed by atoms with E-state index >= 15 is 0 Å². The summed E-state index contributed by atoms with van der Waals surface area (Å²) in [5, 5.41) is 2.71. The first-order valence-electron chi connectivity index (χ1n) is 6.68. The number of nitrogens with one attached hydrogen (secondary N) is 1. The minimum Gasteiger partial charge on any atom is -0.374 e. The van der Waals surface area contributed by atoms with Crippen LogP contribution in [0, 0.1) is 11.6 Å². The molecular weight excluding hydrogens is 290 g/mol. The molecule has 0 bridgehead atoms. The molecule has 1 N–H and O–H groups in total. The van der Waals surface area contributed by atoms with E-state index in [1.165, 1.54) is 4.90 Å². The maximum absolute atomic E-state index is 13.4. The van der Waals surface area contributed by atoms with E-state index in [9.17, 15) is 18.4 Å². The number of benzene rings is 2. The van der Waals surface area contributed by atoms with E-state index in [1.807, 2.05) is 0 Å². The number of hydrogen-bond acceptors (Lipinski definition) is 3. The maximum Gasteiger partial charge on any atom is 0.246 e. The van der Waals surface area contributed by atoms with Gasteiger partial charge in [-0.3, -0.25) is 9.59 Å². The Balaban J connectivity index is 1.93. The highest BCUT2D eigenvalue weighted by atomic mass is 19.2. The number of nitrogens with zero attached hydrogens (tertiary/aromatic N) is 1. The Labute approximate surface area is 125 Å². The summed E-state index contributed by atoms with van der Waals surface area (Å²) in [4.78, 5) is 25.4. The van der Waals surface area contributed by atoms with Crippen LogP contribution in [0.15, 0.2) is 42.5 Å². The zero-order valence-electron chi connectivity index (χ0n) is 11.5. The SMILES string of the molecule is O=C(CN1C(=O)CNc2cc(F)c(F)cc21)c1ccccc1. The van der Waals surface area contributed by atoms with E-state index in [0.29, 0.717) is 11.3 Å². The zero-order valence-corrected chi connectivity index (χ0v) is 11.5. The van der Waals surface area contributed by atoms with Crippen LogP contribution >= 0.6 is 0 Å². The lowest BCUT2D eigenvalue weighted by atomic mass is 10.1. The molecule has 0 saturated carbocycles. The number of Topliss-reactive ketones (excluding diaryl/α,β-unsaturated/α-hetero) is 1. The Kier molecular flexibility index (Phi) is 3.58. The van der Waals surface area contributed by atoms with Crippen LogP contribution in [0.2, 0.25) is 0 Å². The van der Waals surface area contributed by atoms with Gasteiger partial charge in [0.05, 0.1) is 24.5 Å². The fourth-order valence-electron chi connectivity index (χ4n) is 2.33. The number of rotatable bonds is 3. The molecule has 0 atom stereocenters. The average molecular weight is 302 g/mol. The number of amides is 1. The van der Waals surface area contributed by atoms with E-state index in [1.54, 1.807) is 30.3 Å². The standard InChI is InChI=1S/C16H12F2N2O2/c17-11-6-13-14(7-12(11)18)20(16(22)8-19-13)9-15(21)10-4-2-1-3-5-10/h1-7,19H,8-9H2. The van der Waals surface area contributed by atoms with Crippen molar-refractivity contribution in [2.75, 3.05) is 23.3 Å². The van der Waals surface area contributed by atoms with Gasteiger partial charge in [-0.2, -0.15) is 0 Å². The molecule has 2 aromatic rings. The van der Waals surface area contributed by atoms with E-state index in [0.717, 1.165) is 12.1 Å². The fourth-order valence-corrected chi connectivity index (χ4v) is 2.33. The van der Waals surface area contributed by atoms with Gasteiger partial charge in [-0.15, -0.1) is 0 Å². The van der Waals surface area contributed by atoms with E-state index in [-0.39, 0.29) is 30.5 Å². The molecule has 1 heterocycles. The molecule has 2 aromatic carbocycles. The van der Waals surface area contributed by atoms with Gasteiger partial charge in [0.25, 0.3) is 0 Å². The molecule has 6 heteroatoms. The Morgan fingerprint density at radius 1 is 1.14 bits per heavy atom. The second-order valence-electron chi connectivity index (χ2n) is 4.91. The number of carbonyl (C=O) groups excluding carboxylic acids is 2. The Hall–Kier alpha value is -2.76. The number of carbonyl (C=O) groups is 2. The quantitative estimate of drug-likeness (QED) is 0.887. The van der Waals surface area contributed by atoms with E-state index in [4.69, 9.17) is 0 Å². The van der Waals surface area contributed by atoms with Gasteiger partial charge in [-0.1, -0.05) is 30.3 Å². The molecule has 4 nitrogen and oxygen atoms in total. The molecule has 0 aromatic heterocycles. The normalized spacial score (nSPS) is 13.5. The maximum atomic E-state index is 13.4. The second-order valence-corrected chi connectivity index (χ2v) is 4.91. The molecule has 3 rings (SSSR count). The third kappa shape index (κ3) is 2.55. The minimum absolute atomic E-state index is 0.0693. The summed E-state index contributed by atoms with van der Waals surface area (Å²) in [6.07, 6.45) is 0. The van der Waals surface area contributed by atoms with Crippen LogP contribution in [-0.4, -0.2) is 24.8 Å². The number of halogens is 2. The number of ketones is 1. The van der Waals surface area contributed by atoms with Crippen molar-refractivity contribution in [3.63, 3.8) is 0 Å². The highest BCUT2D eigenvalue weighted by molar-refractivity contribution is 6.09. The van der Waals surface area contributed by atoms with Gasteiger partial charge in [0, 0.05) is 17.7 Å². The molecule has 0 saturated heterocycles. The number of hydrogen-bond donors (Lipinski definition) is 1. The molecular formula is C16H12F2N2O2. The Morgan fingerprint density at radius 2 is 1.82 bits per heavy atom. The molecule has 0 fully saturated rings. The molecule has 0 unspecified atom stereocenters. The van der Waals surface area contributed by atoms with Crippen molar-refractivity contribution in [1.82, 2.24) is 0 Å². The van der Waals surface area contributed by atoms with Crippen LogP contribution in [-0.2, 0) is 4.79 Å². The highest BCUT2D eigenvalue weighted by Crippen LogP contribution is 2.31. The molecule has 0 radical (unpaired) electrons. The van der Waals surface area contributed by atoms with Crippen LogP contribution < -0.4 is 10.2 Å². The Bertz CT molecular complexity index is 747. The lowest BCUT2D eigenvalue weighted by Gasteiger charge is -2.29. The number of fused-ring (bicyclic) bond motifs is 1. The van der Waals surface area contributed by atoms with Gasteiger partial charge in [0.15, 0.2) is 17.4 Å². The summed E-state index contributed by atoms with van der Waals surface area (Å²) < 4.78 is 26.7. The van der Waals surface area contributed by atoms with Crippen molar-refractivity contribution in [3.05, 3.63) is 59.7 Å². The third-order valence-corrected chi connectivity index (χ3v) is 3.46. The van der Waals surface area contributed by atoms with Crippen LogP contribution in [0.5, 0.6) is 0 Å². The first kappa shape index (κ1) is 14.2. The lowest BCUT2D eigenvalue weighted by molar-refractivity contribution is -0.117.